The Balaban J connectivity index is 1.82. The van der Waals surface area contributed by atoms with Gasteiger partial charge in [0.25, 0.3) is 0 Å². The lowest BCUT2D eigenvalue weighted by Gasteiger charge is -2.12. The zero-order valence-electron chi connectivity index (χ0n) is 10.4. The molecule has 1 aliphatic carbocycles. The summed E-state index contributed by atoms with van der Waals surface area (Å²) in [6.45, 7) is 0.774. The molecule has 1 aromatic rings. The van der Waals surface area contributed by atoms with Crippen molar-refractivity contribution in [3.05, 3.63) is 29.8 Å². The van der Waals surface area contributed by atoms with Crippen LogP contribution in [0.2, 0.25) is 0 Å². The SMILES string of the molecule is COCCCC(N)c1ccc(OC2CC2)cc1. The Labute approximate surface area is 103 Å². The maximum absolute atomic E-state index is 6.10. The number of nitrogens with two attached hydrogens (primary N) is 1. The molecular formula is C14H21NO2. The lowest BCUT2D eigenvalue weighted by Crippen LogP contribution is -2.11. The van der Waals surface area contributed by atoms with Crippen LogP contribution in [0.1, 0.15) is 37.3 Å². The number of methoxy groups -OCH3 is 1. The first kappa shape index (κ1) is 12.4. The van der Waals surface area contributed by atoms with E-state index < -0.39 is 0 Å². The number of ether oxygens (including phenoxy) is 2. The Hall–Kier alpha value is -1.06. The van der Waals surface area contributed by atoms with Crippen LogP contribution in [-0.4, -0.2) is 19.8 Å². The van der Waals surface area contributed by atoms with E-state index in [1.165, 1.54) is 18.4 Å². The molecule has 1 aromatic carbocycles. The van der Waals surface area contributed by atoms with E-state index in [1.807, 2.05) is 12.1 Å². The Morgan fingerprint density at radius 2 is 2.00 bits per heavy atom. The summed E-state index contributed by atoms with van der Waals surface area (Å²) in [6.07, 6.45) is 4.79. The monoisotopic (exact) mass is 235 g/mol. The topological polar surface area (TPSA) is 44.5 Å². The standard InChI is InChI=1S/C14H21NO2/c1-16-10-2-3-14(15)11-4-6-12(7-5-11)17-13-8-9-13/h4-7,13-14H,2-3,8-10,15H2,1H3. The van der Waals surface area contributed by atoms with Crippen LogP contribution >= 0.6 is 0 Å². The maximum atomic E-state index is 6.10. The fourth-order valence-corrected chi connectivity index (χ4v) is 1.79. The molecule has 0 spiro atoms. The van der Waals surface area contributed by atoms with Gasteiger partial charge < -0.3 is 15.2 Å². The van der Waals surface area contributed by atoms with Gasteiger partial charge in [0.15, 0.2) is 0 Å². The number of rotatable bonds is 7. The van der Waals surface area contributed by atoms with Gasteiger partial charge in [0.05, 0.1) is 6.10 Å². The van der Waals surface area contributed by atoms with Crippen LogP contribution in [0.3, 0.4) is 0 Å². The molecule has 0 amide bonds. The first-order valence-electron chi connectivity index (χ1n) is 6.30. The van der Waals surface area contributed by atoms with Gasteiger partial charge in [-0.3, -0.25) is 0 Å². The van der Waals surface area contributed by atoms with Crippen LogP contribution in [0, 0.1) is 0 Å². The normalized spacial score (nSPS) is 16.8. The summed E-state index contributed by atoms with van der Waals surface area (Å²) >= 11 is 0. The molecule has 0 aliphatic heterocycles. The summed E-state index contributed by atoms with van der Waals surface area (Å²) in [5, 5.41) is 0. The minimum atomic E-state index is 0.0973. The largest absolute Gasteiger partial charge is 0.490 e. The lowest BCUT2D eigenvalue weighted by atomic mass is 10.0. The van der Waals surface area contributed by atoms with Crippen LogP contribution in [0.5, 0.6) is 5.75 Å². The van der Waals surface area contributed by atoms with Crippen molar-refractivity contribution in [2.45, 2.75) is 37.8 Å². The van der Waals surface area contributed by atoms with Crippen molar-refractivity contribution in [1.29, 1.82) is 0 Å². The summed E-state index contributed by atoms with van der Waals surface area (Å²) in [6, 6.07) is 8.26. The predicted molar refractivity (Wildman–Crippen MR) is 68.1 cm³/mol. The van der Waals surface area contributed by atoms with E-state index in [0.29, 0.717) is 6.10 Å². The highest BCUT2D eigenvalue weighted by atomic mass is 16.5. The van der Waals surface area contributed by atoms with E-state index in [-0.39, 0.29) is 6.04 Å². The molecule has 0 aromatic heterocycles. The second-order valence-electron chi connectivity index (χ2n) is 4.63. The van der Waals surface area contributed by atoms with Crippen molar-refractivity contribution in [1.82, 2.24) is 0 Å². The predicted octanol–water partition coefficient (Wildman–Crippen LogP) is 2.65. The highest BCUT2D eigenvalue weighted by Gasteiger charge is 2.23. The number of hydrogen-bond acceptors (Lipinski definition) is 3. The summed E-state index contributed by atoms with van der Waals surface area (Å²) < 4.78 is 10.7. The second kappa shape index (κ2) is 6.03. The van der Waals surface area contributed by atoms with Crippen molar-refractivity contribution in [3.8, 4) is 5.75 Å². The van der Waals surface area contributed by atoms with Crippen LogP contribution in [-0.2, 0) is 4.74 Å². The molecule has 3 heteroatoms. The van der Waals surface area contributed by atoms with E-state index in [9.17, 15) is 0 Å². The van der Waals surface area contributed by atoms with Gasteiger partial charge in [-0.1, -0.05) is 12.1 Å². The van der Waals surface area contributed by atoms with E-state index in [4.69, 9.17) is 15.2 Å². The third-order valence-electron chi connectivity index (χ3n) is 3.00. The van der Waals surface area contributed by atoms with Crippen molar-refractivity contribution < 1.29 is 9.47 Å². The minimum absolute atomic E-state index is 0.0973. The molecule has 2 rings (SSSR count). The summed E-state index contributed by atoms with van der Waals surface area (Å²) in [4.78, 5) is 0. The van der Waals surface area contributed by atoms with Crippen molar-refractivity contribution >= 4 is 0 Å². The van der Waals surface area contributed by atoms with Gasteiger partial charge in [0, 0.05) is 19.8 Å². The Bertz CT molecular complexity index is 333. The Kier molecular flexibility index (Phi) is 4.40. The molecule has 3 nitrogen and oxygen atoms in total. The van der Waals surface area contributed by atoms with E-state index in [1.54, 1.807) is 7.11 Å². The number of benzene rings is 1. The first-order valence-corrected chi connectivity index (χ1v) is 6.30. The van der Waals surface area contributed by atoms with Crippen molar-refractivity contribution in [2.75, 3.05) is 13.7 Å². The van der Waals surface area contributed by atoms with Gasteiger partial charge in [-0.15, -0.1) is 0 Å². The average Bonchev–Trinajstić information content (AvgIpc) is 3.14. The van der Waals surface area contributed by atoms with E-state index in [0.717, 1.165) is 25.2 Å². The zero-order valence-corrected chi connectivity index (χ0v) is 10.4. The molecule has 0 bridgehead atoms. The molecule has 17 heavy (non-hydrogen) atoms. The molecule has 1 atom stereocenters. The fourth-order valence-electron chi connectivity index (χ4n) is 1.79. The lowest BCUT2D eigenvalue weighted by molar-refractivity contribution is 0.190. The highest BCUT2D eigenvalue weighted by Crippen LogP contribution is 2.27. The molecule has 0 saturated heterocycles. The van der Waals surface area contributed by atoms with E-state index in [2.05, 4.69) is 12.1 Å². The van der Waals surface area contributed by atoms with Gasteiger partial charge in [-0.05, 0) is 43.4 Å². The minimum Gasteiger partial charge on any atom is -0.490 e. The molecule has 1 fully saturated rings. The van der Waals surface area contributed by atoms with Crippen molar-refractivity contribution in [2.24, 2.45) is 5.73 Å². The Morgan fingerprint density at radius 1 is 1.29 bits per heavy atom. The molecular weight excluding hydrogens is 214 g/mol. The van der Waals surface area contributed by atoms with Gasteiger partial charge in [0.1, 0.15) is 5.75 Å². The van der Waals surface area contributed by atoms with Crippen LogP contribution < -0.4 is 10.5 Å². The van der Waals surface area contributed by atoms with Gasteiger partial charge in [-0.2, -0.15) is 0 Å². The quantitative estimate of drug-likeness (QED) is 0.739. The van der Waals surface area contributed by atoms with Crippen LogP contribution in [0.4, 0.5) is 0 Å². The summed E-state index contributed by atoms with van der Waals surface area (Å²) in [5.41, 5.74) is 7.27. The van der Waals surface area contributed by atoms with Crippen LogP contribution in [0.15, 0.2) is 24.3 Å². The number of hydrogen-bond donors (Lipinski definition) is 1. The maximum Gasteiger partial charge on any atom is 0.119 e. The molecule has 1 aliphatic rings. The summed E-state index contributed by atoms with van der Waals surface area (Å²) in [7, 11) is 1.72. The second-order valence-corrected chi connectivity index (χ2v) is 4.63. The van der Waals surface area contributed by atoms with Gasteiger partial charge in [0.2, 0.25) is 0 Å². The molecule has 1 unspecified atom stereocenters. The Morgan fingerprint density at radius 3 is 2.59 bits per heavy atom. The van der Waals surface area contributed by atoms with Gasteiger partial charge in [-0.25, -0.2) is 0 Å². The average molecular weight is 235 g/mol. The molecule has 2 N–H and O–H groups in total. The van der Waals surface area contributed by atoms with Gasteiger partial charge >= 0.3 is 0 Å². The smallest absolute Gasteiger partial charge is 0.119 e. The molecule has 0 heterocycles. The molecule has 0 radical (unpaired) electrons. The van der Waals surface area contributed by atoms with Crippen molar-refractivity contribution in [3.63, 3.8) is 0 Å². The third-order valence-corrected chi connectivity index (χ3v) is 3.00. The highest BCUT2D eigenvalue weighted by molar-refractivity contribution is 5.29. The molecule has 94 valence electrons. The third kappa shape index (κ3) is 4.02. The first-order chi connectivity index (χ1) is 8.29. The zero-order chi connectivity index (χ0) is 12.1. The summed E-state index contributed by atoms with van der Waals surface area (Å²) in [5.74, 6) is 0.959. The van der Waals surface area contributed by atoms with E-state index >= 15 is 0 Å². The fraction of sp³-hybridized carbons (Fsp3) is 0.571. The molecule has 1 saturated carbocycles. The van der Waals surface area contributed by atoms with Crippen LogP contribution in [0.25, 0.3) is 0 Å².